The van der Waals surface area contributed by atoms with Crippen molar-refractivity contribution in [2.24, 2.45) is 0 Å². The van der Waals surface area contributed by atoms with E-state index >= 15 is 0 Å². The highest BCUT2D eigenvalue weighted by molar-refractivity contribution is 5.95. The molecule has 2 amide bonds. The highest BCUT2D eigenvalue weighted by Crippen LogP contribution is 2.22. The quantitative estimate of drug-likeness (QED) is 0.908. The fourth-order valence-corrected chi connectivity index (χ4v) is 2.77. The number of carbonyl (C=O) groups excluding carboxylic acids is 2. The normalized spacial score (nSPS) is 10.3. The lowest BCUT2D eigenvalue weighted by Crippen LogP contribution is -2.32. The molecule has 126 valence electrons. The average molecular weight is 324 g/mol. The molecule has 0 saturated carbocycles. The highest BCUT2D eigenvalue weighted by Gasteiger charge is 2.16. The van der Waals surface area contributed by atoms with Crippen LogP contribution in [-0.2, 0) is 16.0 Å². The number of anilines is 2. The number of hydrogen-bond acceptors (Lipinski definition) is 2. The molecule has 0 aliphatic heterocycles. The van der Waals surface area contributed by atoms with Gasteiger partial charge in [-0.1, -0.05) is 29.8 Å². The van der Waals surface area contributed by atoms with E-state index < -0.39 is 0 Å². The molecule has 0 fully saturated rings. The third-order valence-corrected chi connectivity index (χ3v) is 3.89. The molecule has 0 bridgehead atoms. The fraction of sp³-hybridized carbons (Fsp3) is 0.300. The van der Waals surface area contributed by atoms with Crippen molar-refractivity contribution in [1.29, 1.82) is 0 Å². The van der Waals surface area contributed by atoms with Gasteiger partial charge in [-0.15, -0.1) is 0 Å². The van der Waals surface area contributed by atoms with Crippen molar-refractivity contribution < 1.29 is 9.59 Å². The van der Waals surface area contributed by atoms with E-state index in [1.54, 1.807) is 0 Å². The van der Waals surface area contributed by atoms with Crippen LogP contribution in [0.5, 0.6) is 0 Å². The first-order valence-corrected chi connectivity index (χ1v) is 8.15. The lowest BCUT2D eigenvalue weighted by Gasteiger charge is -2.23. The van der Waals surface area contributed by atoms with Crippen LogP contribution < -0.4 is 10.2 Å². The Morgan fingerprint density at radius 3 is 2.25 bits per heavy atom. The third kappa shape index (κ3) is 4.44. The van der Waals surface area contributed by atoms with Gasteiger partial charge in [-0.2, -0.15) is 0 Å². The second kappa shape index (κ2) is 7.77. The topological polar surface area (TPSA) is 49.4 Å². The third-order valence-electron chi connectivity index (χ3n) is 3.89. The molecule has 0 aliphatic carbocycles. The number of rotatable bonds is 5. The first-order valence-electron chi connectivity index (χ1n) is 8.15. The lowest BCUT2D eigenvalue weighted by atomic mass is 10.1. The second-order valence-corrected chi connectivity index (χ2v) is 5.98. The maximum atomic E-state index is 12.7. The van der Waals surface area contributed by atoms with Crippen molar-refractivity contribution in [1.82, 2.24) is 0 Å². The molecule has 0 aliphatic rings. The van der Waals surface area contributed by atoms with Crippen LogP contribution in [0, 0.1) is 13.8 Å². The number of nitrogens with zero attached hydrogens (tertiary/aromatic N) is 1. The molecule has 2 aromatic carbocycles. The Balaban J connectivity index is 2.13. The molecule has 2 aromatic rings. The van der Waals surface area contributed by atoms with Crippen LogP contribution in [-0.4, -0.2) is 18.4 Å². The summed E-state index contributed by atoms with van der Waals surface area (Å²) in [4.78, 5) is 25.6. The van der Waals surface area contributed by atoms with Gasteiger partial charge in [0.05, 0.1) is 6.42 Å². The van der Waals surface area contributed by atoms with Crippen LogP contribution >= 0.6 is 0 Å². The first kappa shape index (κ1) is 17.7. The van der Waals surface area contributed by atoms with E-state index in [0.29, 0.717) is 13.0 Å². The van der Waals surface area contributed by atoms with Crippen LogP contribution in [0.4, 0.5) is 11.4 Å². The number of aryl methyl sites for hydroxylation is 2. The zero-order valence-corrected chi connectivity index (χ0v) is 14.7. The maximum absolute atomic E-state index is 12.7. The molecule has 0 spiro atoms. The van der Waals surface area contributed by atoms with Crippen LogP contribution in [0.2, 0.25) is 0 Å². The summed E-state index contributed by atoms with van der Waals surface area (Å²) in [6, 6.07) is 13.5. The standard InChI is InChI=1S/C20H24N2O2/c1-5-22(19-11-6-14(2)12-15(19)3)20(24)13-17-7-9-18(10-8-17)21-16(4)23/h6-12H,5,13H2,1-4H3,(H,21,23). The van der Waals surface area contributed by atoms with Gasteiger partial charge in [0.2, 0.25) is 11.8 Å². The van der Waals surface area contributed by atoms with Crippen molar-refractivity contribution in [3.8, 4) is 0 Å². The lowest BCUT2D eigenvalue weighted by molar-refractivity contribution is -0.118. The molecule has 4 nitrogen and oxygen atoms in total. The summed E-state index contributed by atoms with van der Waals surface area (Å²) in [6.07, 6.45) is 0.335. The van der Waals surface area contributed by atoms with Crippen LogP contribution in [0.1, 0.15) is 30.5 Å². The van der Waals surface area contributed by atoms with Gasteiger partial charge in [-0.05, 0) is 50.1 Å². The highest BCUT2D eigenvalue weighted by atomic mass is 16.2. The molecule has 0 atom stereocenters. The zero-order valence-electron chi connectivity index (χ0n) is 14.7. The largest absolute Gasteiger partial charge is 0.326 e. The van der Waals surface area contributed by atoms with E-state index in [1.165, 1.54) is 12.5 Å². The van der Waals surface area contributed by atoms with Crippen molar-refractivity contribution >= 4 is 23.2 Å². The molecule has 24 heavy (non-hydrogen) atoms. The van der Waals surface area contributed by atoms with Crippen LogP contribution in [0.25, 0.3) is 0 Å². The minimum atomic E-state index is -0.106. The van der Waals surface area contributed by atoms with Crippen molar-refractivity contribution in [3.63, 3.8) is 0 Å². The molecular weight excluding hydrogens is 300 g/mol. The number of amides is 2. The predicted molar refractivity (Wildman–Crippen MR) is 98.4 cm³/mol. The summed E-state index contributed by atoms with van der Waals surface area (Å²) >= 11 is 0. The van der Waals surface area contributed by atoms with Crippen molar-refractivity contribution in [2.45, 2.75) is 34.1 Å². The maximum Gasteiger partial charge on any atom is 0.231 e. The summed E-state index contributed by atoms with van der Waals surface area (Å²) in [7, 11) is 0. The van der Waals surface area contributed by atoms with Gasteiger partial charge in [0.1, 0.15) is 0 Å². The van der Waals surface area contributed by atoms with Crippen LogP contribution in [0.3, 0.4) is 0 Å². The molecule has 0 heterocycles. The molecule has 0 aromatic heterocycles. The average Bonchev–Trinajstić information content (AvgIpc) is 2.51. The Labute approximate surface area is 143 Å². The smallest absolute Gasteiger partial charge is 0.231 e. The van der Waals surface area contributed by atoms with E-state index in [1.807, 2.05) is 62.1 Å². The number of benzene rings is 2. The Hall–Kier alpha value is -2.62. The SMILES string of the molecule is CCN(C(=O)Cc1ccc(NC(C)=O)cc1)c1ccc(C)cc1C. The minimum Gasteiger partial charge on any atom is -0.326 e. The monoisotopic (exact) mass is 324 g/mol. The van der Waals surface area contributed by atoms with Crippen molar-refractivity contribution in [2.75, 3.05) is 16.8 Å². The van der Waals surface area contributed by atoms with E-state index in [0.717, 1.165) is 22.5 Å². The van der Waals surface area contributed by atoms with Gasteiger partial charge >= 0.3 is 0 Å². The second-order valence-electron chi connectivity index (χ2n) is 5.98. The number of nitrogens with one attached hydrogen (secondary N) is 1. The van der Waals surface area contributed by atoms with E-state index in [2.05, 4.69) is 11.4 Å². The van der Waals surface area contributed by atoms with Gasteiger partial charge in [-0.3, -0.25) is 9.59 Å². The summed E-state index contributed by atoms with van der Waals surface area (Å²) in [5.41, 5.74) is 4.92. The van der Waals surface area contributed by atoms with E-state index in [9.17, 15) is 9.59 Å². The Bertz CT molecular complexity index is 736. The molecule has 4 heteroatoms. The minimum absolute atomic E-state index is 0.0664. The predicted octanol–water partition coefficient (Wildman–Crippen LogP) is 3.86. The molecular formula is C20H24N2O2. The number of carbonyl (C=O) groups is 2. The Morgan fingerprint density at radius 1 is 1.04 bits per heavy atom. The summed E-state index contributed by atoms with van der Waals surface area (Å²) in [5, 5.41) is 2.72. The van der Waals surface area contributed by atoms with E-state index in [4.69, 9.17) is 0 Å². The summed E-state index contributed by atoms with van der Waals surface area (Å²) in [6.45, 7) is 8.16. The van der Waals surface area contributed by atoms with Crippen LogP contribution in [0.15, 0.2) is 42.5 Å². The molecule has 0 unspecified atom stereocenters. The summed E-state index contributed by atoms with van der Waals surface area (Å²) < 4.78 is 0. The molecule has 0 radical (unpaired) electrons. The molecule has 2 rings (SSSR count). The van der Waals surface area contributed by atoms with E-state index in [-0.39, 0.29) is 11.8 Å². The first-order chi connectivity index (χ1) is 11.4. The fourth-order valence-electron chi connectivity index (χ4n) is 2.77. The molecule has 0 saturated heterocycles. The Kier molecular flexibility index (Phi) is 5.74. The van der Waals surface area contributed by atoms with Gasteiger partial charge in [0.15, 0.2) is 0 Å². The van der Waals surface area contributed by atoms with Gasteiger partial charge in [0, 0.05) is 24.8 Å². The number of likely N-dealkylation sites (N-methyl/N-ethyl adjacent to an activating group) is 1. The number of hydrogen-bond donors (Lipinski definition) is 1. The Morgan fingerprint density at radius 2 is 1.71 bits per heavy atom. The molecule has 1 N–H and O–H groups in total. The van der Waals surface area contributed by atoms with Gasteiger partial charge in [0.25, 0.3) is 0 Å². The van der Waals surface area contributed by atoms with Gasteiger partial charge < -0.3 is 10.2 Å². The zero-order chi connectivity index (χ0) is 17.7. The van der Waals surface area contributed by atoms with Crippen molar-refractivity contribution in [3.05, 3.63) is 59.2 Å². The van der Waals surface area contributed by atoms with Gasteiger partial charge in [-0.25, -0.2) is 0 Å². The summed E-state index contributed by atoms with van der Waals surface area (Å²) in [5.74, 6) is -0.0393.